The van der Waals surface area contributed by atoms with Crippen molar-refractivity contribution in [2.24, 2.45) is 0 Å². The molecule has 0 radical (unpaired) electrons. The first-order chi connectivity index (χ1) is 7.69. The normalized spacial score (nSPS) is 11.8. The van der Waals surface area contributed by atoms with Crippen molar-refractivity contribution in [1.82, 2.24) is 0 Å². The number of alkyl halides is 1. The molecule has 0 aliphatic rings. The van der Waals surface area contributed by atoms with Gasteiger partial charge in [0.25, 0.3) is 0 Å². The van der Waals surface area contributed by atoms with Crippen molar-refractivity contribution in [3.63, 3.8) is 0 Å². The summed E-state index contributed by atoms with van der Waals surface area (Å²) in [7, 11) is 2.33. The number of halogens is 1. The fourth-order valence-electron chi connectivity index (χ4n) is 1.46. The summed E-state index contributed by atoms with van der Waals surface area (Å²) in [5.74, 6) is 0.529. The van der Waals surface area contributed by atoms with Gasteiger partial charge in [-0.2, -0.15) is 0 Å². The van der Waals surface area contributed by atoms with Gasteiger partial charge in [-0.15, -0.1) is 11.6 Å². The first-order valence-corrected chi connectivity index (χ1v) is 7.45. The second-order valence-corrected chi connectivity index (χ2v) is 6.63. The largest absolute Gasteiger partial charge is 0.504 e. The molecule has 1 aromatic carbocycles. The average Bonchev–Trinajstić information content (AvgIpc) is 2.37. The van der Waals surface area contributed by atoms with Crippen LogP contribution in [0.5, 0.6) is 0 Å². The van der Waals surface area contributed by atoms with Gasteiger partial charge in [-0.05, 0) is 11.1 Å². The minimum atomic E-state index is -2.52. The molecule has 5 heteroatoms. The van der Waals surface area contributed by atoms with Gasteiger partial charge < -0.3 is 13.3 Å². The average molecular weight is 261 g/mol. The second-order valence-electron chi connectivity index (χ2n) is 3.42. The molecule has 16 heavy (non-hydrogen) atoms. The van der Waals surface area contributed by atoms with Gasteiger partial charge in [0.2, 0.25) is 0 Å². The van der Waals surface area contributed by atoms with Gasteiger partial charge in [0, 0.05) is 33.3 Å². The Balaban J connectivity index is 2.77. The third-order valence-corrected chi connectivity index (χ3v) is 5.55. The lowest BCUT2D eigenvalue weighted by Crippen LogP contribution is -2.45. The lowest BCUT2D eigenvalue weighted by molar-refractivity contribution is 0.122. The van der Waals surface area contributed by atoms with Crippen LogP contribution >= 0.6 is 11.6 Å². The lowest BCUT2D eigenvalue weighted by atomic mass is 10.2. The van der Waals surface area contributed by atoms with Gasteiger partial charge in [-0.3, -0.25) is 0 Å². The summed E-state index contributed by atoms with van der Waals surface area (Å²) >= 11 is 5.73. The maximum Gasteiger partial charge on any atom is 0.504 e. The Hall–Kier alpha value is -0.393. The van der Waals surface area contributed by atoms with E-state index in [0.717, 1.165) is 11.1 Å². The smallest absolute Gasteiger partial charge is 0.377 e. The molecule has 1 rings (SSSR count). The molecule has 90 valence electrons. The number of rotatable bonds is 6. The van der Waals surface area contributed by atoms with E-state index >= 15 is 0 Å². The van der Waals surface area contributed by atoms with Crippen LogP contribution in [0, 0.1) is 0 Å². The molecular formula is C11H17ClO3Si. The molecule has 0 aliphatic carbocycles. The minimum Gasteiger partial charge on any atom is -0.377 e. The van der Waals surface area contributed by atoms with Gasteiger partial charge in [0.1, 0.15) is 0 Å². The minimum absolute atomic E-state index is 0.529. The van der Waals surface area contributed by atoms with Crippen LogP contribution in [0.4, 0.5) is 0 Å². The Morgan fingerprint density at radius 2 is 1.38 bits per heavy atom. The van der Waals surface area contributed by atoms with Crippen LogP contribution in [-0.2, 0) is 25.2 Å². The van der Waals surface area contributed by atoms with Crippen molar-refractivity contribution in [1.29, 1.82) is 0 Å². The summed E-state index contributed by atoms with van der Waals surface area (Å²) < 4.78 is 16.1. The van der Waals surface area contributed by atoms with Gasteiger partial charge in [-0.1, -0.05) is 24.3 Å². The molecule has 0 saturated heterocycles. The van der Waals surface area contributed by atoms with Crippen LogP contribution in [0.2, 0.25) is 0 Å². The third kappa shape index (κ3) is 3.30. The molecule has 0 fully saturated rings. The van der Waals surface area contributed by atoms with Crippen molar-refractivity contribution < 1.29 is 13.3 Å². The molecular weight excluding hydrogens is 244 g/mol. The van der Waals surface area contributed by atoms with Crippen LogP contribution in [0.25, 0.3) is 0 Å². The van der Waals surface area contributed by atoms with E-state index in [1.807, 2.05) is 24.3 Å². The van der Waals surface area contributed by atoms with Crippen LogP contribution in [0.3, 0.4) is 0 Å². The van der Waals surface area contributed by atoms with Crippen molar-refractivity contribution >= 4 is 20.4 Å². The highest BCUT2D eigenvalue weighted by molar-refractivity contribution is 6.60. The molecule has 0 aromatic heterocycles. The van der Waals surface area contributed by atoms with Crippen molar-refractivity contribution in [2.75, 3.05) is 21.3 Å². The van der Waals surface area contributed by atoms with Gasteiger partial charge in [0.15, 0.2) is 0 Å². The number of hydrogen-bond donors (Lipinski definition) is 0. The zero-order chi connectivity index (χ0) is 12.0. The summed E-state index contributed by atoms with van der Waals surface area (Å²) in [6.45, 7) is 0. The fraction of sp³-hybridized carbons (Fsp3) is 0.455. The second kappa shape index (κ2) is 6.37. The van der Waals surface area contributed by atoms with Crippen molar-refractivity contribution in [3.8, 4) is 0 Å². The Morgan fingerprint density at radius 1 is 0.938 bits per heavy atom. The van der Waals surface area contributed by atoms with E-state index in [4.69, 9.17) is 24.9 Å². The Kier molecular flexibility index (Phi) is 5.44. The van der Waals surface area contributed by atoms with Gasteiger partial charge >= 0.3 is 8.80 Å². The summed E-state index contributed by atoms with van der Waals surface area (Å²) in [6.07, 6.45) is 0. The molecule has 3 nitrogen and oxygen atoms in total. The molecule has 0 atom stereocenters. The summed E-state index contributed by atoms with van der Waals surface area (Å²) in [5, 5.41) is 0. The lowest BCUT2D eigenvalue weighted by Gasteiger charge is -2.24. The quantitative estimate of drug-likeness (QED) is 0.581. The molecule has 0 aliphatic heterocycles. The number of hydrogen-bond acceptors (Lipinski definition) is 3. The number of benzene rings is 1. The molecule has 0 N–H and O–H groups in total. The van der Waals surface area contributed by atoms with E-state index in [-0.39, 0.29) is 0 Å². The maximum atomic E-state index is 5.73. The predicted molar refractivity (Wildman–Crippen MR) is 66.5 cm³/mol. The molecule has 1 aromatic rings. The van der Waals surface area contributed by atoms with Crippen LogP contribution in [0.1, 0.15) is 11.1 Å². The Bertz CT molecular complexity index is 303. The SMILES string of the molecule is CO[Si](Cc1ccc(CCl)cc1)(OC)OC. The van der Waals surface area contributed by atoms with Crippen LogP contribution in [-0.4, -0.2) is 30.1 Å². The fourth-order valence-corrected chi connectivity index (χ4v) is 3.31. The molecule has 0 saturated carbocycles. The van der Waals surface area contributed by atoms with Crippen molar-refractivity contribution in [3.05, 3.63) is 35.4 Å². The highest BCUT2D eigenvalue weighted by Crippen LogP contribution is 2.15. The van der Waals surface area contributed by atoms with E-state index in [9.17, 15) is 0 Å². The summed E-state index contributed by atoms with van der Waals surface area (Å²) in [4.78, 5) is 0. The van der Waals surface area contributed by atoms with Crippen LogP contribution in [0.15, 0.2) is 24.3 Å². The van der Waals surface area contributed by atoms with Crippen LogP contribution < -0.4 is 0 Å². The monoisotopic (exact) mass is 260 g/mol. The third-order valence-electron chi connectivity index (χ3n) is 2.53. The summed E-state index contributed by atoms with van der Waals surface area (Å²) in [5.41, 5.74) is 2.23. The molecule has 0 amide bonds. The maximum absolute atomic E-state index is 5.73. The molecule has 0 heterocycles. The topological polar surface area (TPSA) is 27.7 Å². The zero-order valence-corrected chi connectivity index (χ0v) is 11.6. The van der Waals surface area contributed by atoms with Gasteiger partial charge in [0.05, 0.1) is 0 Å². The van der Waals surface area contributed by atoms with Crippen molar-refractivity contribution in [2.45, 2.75) is 11.9 Å². The van der Waals surface area contributed by atoms with E-state index in [1.165, 1.54) is 0 Å². The first kappa shape index (κ1) is 13.7. The Labute approximate surface area is 103 Å². The molecule has 0 bridgehead atoms. The van der Waals surface area contributed by atoms with Gasteiger partial charge in [-0.25, -0.2) is 0 Å². The van der Waals surface area contributed by atoms with E-state index in [2.05, 4.69) is 0 Å². The first-order valence-electron chi connectivity index (χ1n) is 4.99. The highest BCUT2D eigenvalue weighted by Gasteiger charge is 2.37. The summed E-state index contributed by atoms with van der Waals surface area (Å²) in [6, 6.07) is 8.72. The molecule has 0 unspecified atom stereocenters. The highest BCUT2D eigenvalue weighted by atomic mass is 35.5. The Morgan fingerprint density at radius 3 is 1.75 bits per heavy atom. The zero-order valence-electron chi connectivity index (χ0n) is 9.83. The van der Waals surface area contributed by atoms with E-state index < -0.39 is 8.80 Å². The predicted octanol–water partition coefficient (Wildman–Crippen LogP) is 2.39. The van der Waals surface area contributed by atoms with E-state index in [0.29, 0.717) is 11.9 Å². The standard InChI is InChI=1S/C11H17ClO3Si/c1-13-16(14-2,15-3)9-11-6-4-10(8-12)5-7-11/h4-7H,8-9H2,1-3H3. The molecule has 0 spiro atoms. The van der Waals surface area contributed by atoms with E-state index in [1.54, 1.807) is 21.3 Å².